The Morgan fingerprint density at radius 1 is 1.07 bits per heavy atom. The molecule has 4 nitrogen and oxygen atoms in total. The zero-order chi connectivity index (χ0) is 19.5. The van der Waals surface area contributed by atoms with Crippen molar-refractivity contribution in [1.82, 2.24) is 4.98 Å². The number of rotatable bonds is 5. The predicted molar refractivity (Wildman–Crippen MR) is 124 cm³/mol. The van der Waals surface area contributed by atoms with Crippen molar-refractivity contribution < 1.29 is 4.74 Å². The molecule has 2 heterocycles. The van der Waals surface area contributed by atoms with Crippen molar-refractivity contribution in [2.45, 2.75) is 12.5 Å². The fraction of sp³-hybridized carbons (Fsp3) is 0.227. The van der Waals surface area contributed by atoms with Gasteiger partial charge < -0.3 is 15.0 Å². The number of anilines is 2. The third kappa shape index (κ3) is 4.72. The average Bonchev–Trinajstić information content (AvgIpc) is 3.18. The molecule has 152 valence electrons. The minimum Gasteiger partial charge on any atom is -0.471 e. The fourth-order valence-electron chi connectivity index (χ4n) is 3.53. The second-order valence-corrected chi connectivity index (χ2v) is 7.54. The molecule has 4 rings (SSSR count). The third-order valence-electron chi connectivity index (χ3n) is 4.94. The van der Waals surface area contributed by atoms with E-state index in [0.717, 1.165) is 47.0 Å². The van der Waals surface area contributed by atoms with Gasteiger partial charge in [-0.1, -0.05) is 47.5 Å². The van der Waals surface area contributed by atoms with Crippen molar-refractivity contribution in [1.29, 1.82) is 0 Å². The highest BCUT2D eigenvalue weighted by Crippen LogP contribution is 2.36. The number of pyridine rings is 1. The van der Waals surface area contributed by atoms with Gasteiger partial charge >= 0.3 is 0 Å². The summed E-state index contributed by atoms with van der Waals surface area (Å²) in [5.41, 5.74) is 4.33. The van der Waals surface area contributed by atoms with Gasteiger partial charge in [0.15, 0.2) is 0 Å². The zero-order valence-corrected chi connectivity index (χ0v) is 18.3. The molecule has 0 amide bonds. The normalized spacial score (nSPS) is 15.7. The van der Waals surface area contributed by atoms with Crippen LogP contribution in [0, 0.1) is 0 Å². The zero-order valence-electron chi connectivity index (χ0n) is 15.9. The van der Waals surface area contributed by atoms with E-state index in [9.17, 15) is 0 Å². The molecule has 1 aliphatic heterocycles. The largest absolute Gasteiger partial charge is 0.471 e. The van der Waals surface area contributed by atoms with Crippen LogP contribution in [0.15, 0.2) is 60.8 Å². The van der Waals surface area contributed by atoms with Crippen LogP contribution in [-0.2, 0) is 0 Å². The molecule has 1 aliphatic rings. The second-order valence-electron chi connectivity index (χ2n) is 6.73. The first-order chi connectivity index (χ1) is 13.7. The van der Waals surface area contributed by atoms with Gasteiger partial charge in [-0.3, -0.25) is 0 Å². The summed E-state index contributed by atoms with van der Waals surface area (Å²) in [6.45, 7) is 1.70. The molecule has 0 bridgehead atoms. The van der Waals surface area contributed by atoms with Crippen LogP contribution in [0.4, 0.5) is 11.4 Å². The maximum Gasteiger partial charge on any atom is 0.232 e. The highest BCUT2D eigenvalue weighted by molar-refractivity contribution is 6.33. The molecule has 1 fully saturated rings. The number of nitrogens with one attached hydrogen (secondary N) is 1. The van der Waals surface area contributed by atoms with E-state index in [2.05, 4.69) is 33.4 Å². The lowest BCUT2D eigenvalue weighted by Crippen LogP contribution is -2.25. The van der Waals surface area contributed by atoms with Crippen LogP contribution >= 0.6 is 35.6 Å². The van der Waals surface area contributed by atoms with Crippen LogP contribution < -0.4 is 15.0 Å². The Bertz CT molecular complexity index is 983. The maximum absolute atomic E-state index is 6.37. The Balaban J connectivity index is 0.00000240. The molecular formula is C22H22Cl3N3O. The van der Waals surface area contributed by atoms with Crippen LogP contribution in [-0.4, -0.2) is 31.2 Å². The maximum atomic E-state index is 6.37. The van der Waals surface area contributed by atoms with Crippen LogP contribution in [0.3, 0.4) is 0 Å². The fourth-order valence-corrected chi connectivity index (χ4v) is 3.94. The highest BCUT2D eigenvalue weighted by Gasteiger charge is 2.26. The first kappa shape index (κ1) is 21.6. The van der Waals surface area contributed by atoms with Crippen LogP contribution in [0.5, 0.6) is 5.88 Å². The summed E-state index contributed by atoms with van der Waals surface area (Å²) < 4.78 is 6.02. The van der Waals surface area contributed by atoms with Gasteiger partial charge in [0, 0.05) is 36.8 Å². The Kier molecular flexibility index (Phi) is 7.12. The summed E-state index contributed by atoms with van der Waals surface area (Å²) in [5.74, 6) is 0.499. The summed E-state index contributed by atoms with van der Waals surface area (Å²) in [6, 6.07) is 17.9. The molecule has 7 heteroatoms. The molecule has 0 radical (unpaired) electrons. The third-order valence-corrected chi connectivity index (χ3v) is 5.56. The van der Waals surface area contributed by atoms with Gasteiger partial charge in [0.1, 0.15) is 11.1 Å². The number of ether oxygens (including phenoxy) is 1. The van der Waals surface area contributed by atoms with Gasteiger partial charge in [-0.05, 0) is 35.9 Å². The van der Waals surface area contributed by atoms with Gasteiger partial charge in [0.25, 0.3) is 0 Å². The first-order valence-corrected chi connectivity index (χ1v) is 10.00. The van der Waals surface area contributed by atoms with E-state index in [1.807, 2.05) is 31.3 Å². The molecule has 3 aromatic rings. The molecule has 1 saturated heterocycles. The van der Waals surface area contributed by atoms with E-state index < -0.39 is 0 Å². The van der Waals surface area contributed by atoms with Crippen molar-refractivity contribution in [3.8, 4) is 17.0 Å². The van der Waals surface area contributed by atoms with Gasteiger partial charge in [-0.2, -0.15) is 0 Å². The molecular weight excluding hydrogens is 429 g/mol. The Labute approximate surface area is 187 Å². The van der Waals surface area contributed by atoms with E-state index in [1.165, 1.54) is 0 Å². The molecule has 0 spiro atoms. The SMILES string of the molecule is CNc1cc(-c2ccccc2Cl)ccc1N1CCC(Oc2ncccc2Cl)C1.Cl. The van der Waals surface area contributed by atoms with E-state index in [4.69, 9.17) is 27.9 Å². The number of nitrogens with zero attached hydrogens (tertiary/aromatic N) is 2. The summed E-state index contributed by atoms with van der Waals surface area (Å²) >= 11 is 12.5. The summed E-state index contributed by atoms with van der Waals surface area (Å²) in [7, 11) is 1.94. The van der Waals surface area contributed by atoms with E-state index in [1.54, 1.807) is 18.3 Å². The standard InChI is InChI=1S/C22H21Cl2N3O.ClH/c1-25-20-13-15(17-5-2-3-6-18(17)23)8-9-21(20)27-12-10-16(14-27)28-22-19(24)7-4-11-26-22;/h2-9,11,13,16,25H,10,12,14H2,1H3;1H. The number of halogens is 3. The summed E-state index contributed by atoms with van der Waals surface area (Å²) in [5, 5.41) is 4.61. The molecule has 1 aromatic heterocycles. The Hall–Kier alpha value is -2.14. The minimum atomic E-state index is 0. The molecule has 2 aromatic carbocycles. The molecule has 1 N–H and O–H groups in total. The minimum absolute atomic E-state index is 0. The number of hydrogen-bond donors (Lipinski definition) is 1. The van der Waals surface area contributed by atoms with E-state index in [-0.39, 0.29) is 18.5 Å². The van der Waals surface area contributed by atoms with Crippen molar-refractivity contribution in [3.63, 3.8) is 0 Å². The number of hydrogen-bond acceptors (Lipinski definition) is 4. The molecule has 0 saturated carbocycles. The highest BCUT2D eigenvalue weighted by atomic mass is 35.5. The van der Waals surface area contributed by atoms with E-state index in [0.29, 0.717) is 10.9 Å². The quantitative estimate of drug-likeness (QED) is 0.504. The van der Waals surface area contributed by atoms with Gasteiger partial charge in [-0.25, -0.2) is 4.98 Å². The van der Waals surface area contributed by atoms with Gasteiger partial charge in [0.2, 0.25) is 5.88 Å². The summed E-state index contributed by atoms with van der Waals surface area (Å²) in [6.07, 6.45) is 2.67. The first-order valence-electron chi connectivity index (χ1n) is 9.24. The van der Waals surface area contributed by atoms with E-state index >= 15 is 0 Å². The Morgan fingerprint density at radius 2 is 1.86 bits per heavy atom. The monoisotopic (exact) mass is 449 g/mol. The predicted octanol–water partition coefficient (Wildman–Crippen LogP) is 6.18. The molecule has 0 aliphatic carbocycles. The average molecular weight is 451 g/mol. The van der Waals surface area contributed by atoms with Gasteiger partial charge in [-0.15, -0.1) is 12.4 Å². The van der Waals surface area contributed by atoms with Crippen LogP contribution in [0.2, 0.25) is 10.0 Å². The van der Waals surface area contributed by atoms with Crippen LogP contribution in [0.1, 0.15) is 6.42 Å². The van der Waals surface area contributed by atoms with Crippen LogP contribution in [0.25, 0.3) is 11.1 Å². The lowest BCUT2D eigenvalue weighted by Gasteiger charge is -2.23. The molecule has 1 unspecified atom stereocenters. The topological polar surface area (TPSA) is 37.4 Å². The van der Waals surface area contributed by atoms with Crippen molar-refractivity contribution in [2.75, 3.05) is 30.4 Å². The molecule has 1 atom stereocenters. The number of benzene rings is 2. The van der Waals surface area contributed by atoms with Crippen molar-refractivity contribution in [2.24, 2.45) is 0 Å². The van der Waals surface area contributed by atoms with Crippen molar-refractivity contribution in [3.05, 3.63) is 70.8 Å². The lowest BCUT2D eigenvalue weighted by molar-refractivity contribution is 0.216. The second kappa shape index (κ2) is 9.57. The van der Waals surface area contributed by atoms with Crippen molar-refractivity contribution >= 4 is 47.0 Å². The molecule has 29 heavy (non-hydrogen) atoms. The lowest BCUT2D eigenvalue weighted by atomic mass is 10.0. The summed E-state index contributed by atoms with van der Waals surface area (Å²) in [4.78, 5) is 6.55. The van der Waals surface area contributed by atoms with Gasteiger partial charge in [0.05, 0.1) is 17.9 Å². The number of aromatic nitrogens is 1. The smallest absolute Gasteiger partial charge is 0.232 e. The Morgan fingerprint density at radius 3 is 2.62 bits per heavy atom.